The molecule has 5 heteroatoms. The molecule has 1 aromatic rings. The molecule has 0 radical (unpaired) electrons. The normalized spacial score (nSPS) is 25.3. The van der Waals surface area contributed by atoms with Crippen LogP contribution in [0.4, 0.5) is 0 Å². The van der Waals surface area contributed by atoms with E-state index in [-0.39, 0.29) is 17.0 Å². The lowest BCUT2D eigenvalue weighted by atomic mass is 9.93. The zero-order valence-corrected chi connectivity index (χ0v) is 13.5. The lowest BCUT2D eigenvalue weighted by molar-refractivity contribution is 0.0969. The SMILES string of the molecule is CC(C)(C)c1[nH]n(C2CCCCCC2O)c(=O)c1Br. The molecule has 1 saturated carbocycles. The van der Waals surface area contributed by atoms with E-state index >= 15 is 0 Å². The molecule has 2 N–H and O–H groups in total. The third-order valence-electron chi connectivity index (χ3n) is 3.88. The molecule has 0 amide bonds. The van der Waals surface area contributed by atoms with E-state index in [0.717, 1.165) is 37.8 Å². The minimum atomic E-state index is -0.432. The first-order valence-corrected chi connectivity index (χ1v) is 7.80. The Morgan fingerprint density at radius 2 is 1.89 bits per heavy atom. The van der Waals surface area contributed by atoms with Gasteiger partial charge in [0.25, 0.3) is 5.56 Å². The number of hydrogen-bond donors (Lipinski definition) is 2. The molecule has 108 valence electrons. The number of H-pyrrole nitrogens is 1. The van der Waals surface area contributed by atoms with Gasteiger partial charge in [-0.05, 0) is 28.8 Å². The fourth-order valence-corrected chi connectivity index (χ4v) is 3.61. The van der Waals surface area contributed by atoms with Crippen LogP contribution in [0.25, 0.3) is 0 Å². The van der Waals surface area contributed by atoms with Crippen LogP contribution in [0.15, 0.2) is 9.27 Å². The van der Waals surface area contributed by atoms with Crippen LogP contribution in [0.3, 0.4) is 0 Å². The summed E-state index contributed by atoms with van der Waals surface area (Å²) in [5.74, 6) is 0. The highest BCUT2D eigenvalue weighted by Crippen LogP contribution is 2.30. The molecule has 0 aromatic carbocycles. The lowest BCUT2D eigenvalue weighted by Gasteiger charge is -2.22. The van der Waals surface area contributed by atoms with E-state index in [2.05, 4.69) is 41.8 Å². The first-order valence-electron chi connectivity index (χ1n) is 7.01. The summed E-state index contributed by atoms with van der Waals surface area (Å²) in [5, 5.41) is 13.4. The van der Waals surface area contributed by atoms with Gasteiger partial charge in [0.15, 0.2) is 0 Å². The van der Waals surface area contributed by atoms with E-state index in [9.17, 15) is 9.90 Å². The van der Waals surface area contributed by atoms with Gasteiger partial charge in [-0.2, -0.15) is 0 Å². The van der Waals surface area contributed by atoms with Gasteiger partial charge in [0.05, 0.1) is 17.8 Å². The van der Waals surface area contributed by atoms with Gasteiger partial charge in [0.1, 0.15) is 4.47 Å². The molecule has 0 spiro atoms. The summed E-state index contributed by atoms with van der Waals surface area (Å²) in [4.78, 5) is 12.4. The van der Waals surface area contributed by atoms with Crippen molar-refractivity contribution in [3.63, 3.8) is 0 Å². The predicted octanol–water partition coefficient (Wildman–Crippen LogP) is 3.10. The summed E-state index contributed by atoms with van der Waals surface area (Å²) in [6.07, 6.45) is 4.45. The number of aromatic nitrogens is 2. The zero-order chi connectivity index (χ0) is 14.2. The molecule has 1 heterocycles. The Hall–Kier alpha value is -0.550. The first kappa shape index (κ1) is 14.9. The van der Waals surface area contributed by atoms with Crippen molar-refractivity contribution in [3.05, 3.63) is 20.5 Å². The molecule has 0 saturated heterocycles. The third-order valence-corrected chi connectivity index (χ3v) is 4.62. The van der Waals surface area contributed by atoms with E-state index in [4.69, 9.17) is 0 Å². The number of nitrogens with one attached hydrogen (secondary N) is 1. The Labute approximate surface area is 122 Å². The van der Waals surface area contributed by atoms with E-state index in [1.54, 1.807) is 4.68 Å². The number of halogens is 1. The number of aliphatic hydroxyl groups excluding tert-OH is 1. The summed E-state index contributed by atoms with van der Waals surface area (Å²) in [6.45, 7) is 6.20. The van der Waals surface area contributed by atoms with Crippen LogP contribution in [0.2, 0.25) is 0 Å². The maximum Gasteiger partial charge on any atom is 0.281 e. The molecule has 2 rings (SSSR count). The highest BCUT2D eigenvalue weighted by molar-refractivity contribution is 9.10. The zero-order valence-electron chi connectivity index (χ0n) is 11.9. The van der Waals surface area contributed by atoms with Crippen LogP contribution in [-0.4, -0.2) is 21.0 Å². The third kappa shape index (κ3) is 2.97. The van der Waals surface area contributed by atoms with E-state index < -0.39 is 6.10 Å². The fourth-order valence-electron chi connectivity index (χ4n) is 2.73. The Balaban J connectivity index is 2.42. The molecule has 1 aliphatic carbocycles. The largest absolute Gasteiger partial charge is 0.391 e. The van der Waals surface area contributed by atoms with Crippen molar-refractivity contribution in [2.75, 3.05) is 0 Å². The van der Waals surface area contributed by atoms with Crippen molar-refractivity contribution in [2.45, 2.75) is 70.4 Å². The summed E-state index contributed by atoms with van der Waals surface area (Å²) in [5.41, 5.74) is 0.712. The highest BCUT2D eigenvalue weighted by atomic mass is 79.9. The predicted molar refractivity (Wildman–Crippen MR) is 79.6 cm³/mol. The van der Waals surface area contributed by atoms with Gasteiger partial charge in [0.2, 0.25) is 0 Å². The Morgan fingerprint density at radius 3 is 2.47 bits per heavy atom. The summed E-state index contributed by atoms with van der Waals surface area (Å²) in [7, 11) is 0. The second-order valence-corrected chi connectivity index (χ2v) is 7.29. The quantitative estimate of drug-likeness (QED) is 0.777. The maximum absolute atomic E-state index is 12.4. The fraction of sp³-hybridized carbons (Fsp3) is 0.786. The topological polar surface area (TPSA) is 58.0 Å². The van der Waals surface area contributed by atoms with Crippen LogP contribution in [0.1, 0.15) is 64.6 Å². The molecular weight excluding hydrogens is 308 g/mol. The molecule has 0 aliphatic heterocycles. The van der Waals surface area contributed by atoms with Gasteiger partial charge < -0.3 is 5.11 Å². The average Bonchev–Trinajstić information content (AvgIpc) is 2.50. The van der Waals surface area contributed by atoms with E-state index in [0.29, 0.717) is 4.47 Å². The second kappa shape index (κ2) is 5.44. The van der Waals surface area contributed by atoms with Gasteiger partial charge in [-0.25, -0.2) is 4.68 Å². The van der Waals surface area contributed by atoms with Gasteiger partial charge in [0, 0.05) is 5.41 Å². The lowest BCUT2D eigenvalue weighted by Crippen LogP contribution is -2.31. The second-order valence-electron chi connectivity index (χ2n) is 6.50. The molecule has 2 atom stereocenters. The minimum absolute atomic E-state index is 0.0594. The van der Waals surface area contributed by atoms with Crippen molar-refractivity contribution in [1.82, 2.24) is 9.78 Å². The summed E-state index contributed by atoms with van der Waals surface area (Å²) >= 11 is 3.40. The molecule has 1 aliphatic rings. The average molecular weight is 331 g/mol. The van der Waals surface area contributed by atoms with Gasteiger partial charge in [-0.1, -0.05) is 40.0 Å². The van der Waals surface area contributed by atoms with Crippen LogP contribution >= 0.6 is 15.9 Å². The summed E-state index contributed by atoms with van der Waals surface area (Å²) in [6, 6.07) is -0.123. The van der Waals surface area contributed by atoms with Crippen molar-refractivity contribution < 1.29 is 5.11 Å². The molecular formula is C14H23BrN2O2. The van der Waals surface area contributed by atoms with E-state index in [1.807, 2.05) is 0 Å². The molecule has 0 bridgehead atoms. The van der Waals surface area contributed by atoms with Crippen LogP contribution in [-0.2, 0) is 5.41 Å². The monoisotopic (exact) mass is 330 g/mol. The van der Waals surface area contributed by atoms with Crippen LogP contribution < -0.4 is 5.56 Å². The number of nitrogens with zero attached hydrogens (tertiary/aromatic N) is 1. The minimum Gasteiger partial charge on any atom is -0.391 e. The van der Waals surface area contributed by atoms with Gasteiger partial charge >= 0.3 is 0 Å². The standard InChI is InChI=1S/C14H23BrN2O2/c1-14(2,3)12-11(15)13(19)17(16-12)9-7-5-4-6-8-10(9)18/h9-10,16,18H,4-8H2,1-3H3. The van der Waals surface area contributed by atoms with Gasteiger partial charge in [-0.3, -0.25) is 9.89 Å². The Bertz CT molecular complexity index is 499. The smallest absolute Gasteiger partial charge is 0.281 e. The van der Waals surface area contributed by atoms with Crippen molar-refractivity contribution in [1.29, 1.82) is 0 Å². The number of hydrogen-bond acceptors (Lipinski definition) is 2. The van der Waals surface area contributed by atoms with E-state index in [1.165, 1.54) is 0 Å². The molecule has 1 aromatic heterocycles. The van der Waals surface area contributed by atoms with Crippen molar-refractivity contribution in [3.8, 4) is 0 Å². The maximum atomic E-state index is 12.4. The summed E-state index contributed by atoms with van der Waals surface area (Å²) < 4.78 is 2.22. The van der Waals surface area contributed by atoms with Crippen LogP contribution in [0.5, 0.6) is 0 Å². The highest BCUT2D eigenvalue weighted by Gasteiger charge is 2.29. The molecule has 2 unspecified atom stereocenters. The van der Waals surface area contributed by atoms with Crippen LogP contribution in [0, 0.1) is 0 Å². The number of aliphatic hydroxyl groups is 1. The Kier molecular flexibility index (Phi) is 4.26. The van der Waals surface area contributed by atoms with Crippen molar-refractivity contribution >= 4 is 15.9 Å². The molecule has 1 fully saturated rings. The molecule has 19 heavy (non-hydrogen) atoms. The number of aromatic amines is 1. The van der Waals surface area contributed by atoms with Crippen molar-refractivity contribution in [2.24, 2.45) is 0 Å². The molecule has 4 nitrogen and oxygen atoms in total. The van der Waals surface area contributed by atoms with Gasteiger partial charge in [-0.15, -0.1) is 0 Å². The number of rotatable bonds is 1. The Morgan fingerprint density at radius 1 is 1.26 bits per heavy atom. The first-order chi connectivity index (χ1) is 8.82.